The number of halogens is 1. The monoisotopic (exact) mass is 412 g/mol. The van der Waals surface area contributed by atoms with E-state index in [9.17, 15) is 9.18 Å². The average Bonchev–Trinajstić information content (AvgIpc) is 3.59. The van der Waals surface area contributed by atoms with Gasteiger partial charge in [0.15, 0.2) is 11.5 Å². The van der Waals surface area contributed by atoms with E-state index in [2.05, 4.69) is 17.1 Å². The molecule has 4 rings (SSSR count). The first-order chi connectivity index (χ1) is 14.5. The van der Waals surface area contributed by atoms with Gasteiger partial charge in [0.05, 0.1) is 20.3 Å². The molecular formula is C24H29FN2O3. The number of nitrogens with one attached hydrogen (secondary N) is 1. The van der Waals surface area contributed by atoms with Crippen molar-refractivity contribution in [3.63, 3.8) is 0 Å². The molecule has 0 radical (unpaired) electrons. The number of amides is 1. The molecule has 5 nitrogen and oxygen atoms in total. The highest BCUT2D eigenvalue weighted by Gasteiger charge is 2.36. The van der Waals surface area contributed by atoms with Crippen molar-refractivity contribution < 1.29 is 18.7 Å². The summed E-state index contributed by atoms with van der Waals surface area (Å²) in [5.74, 6) is 1.46. The Bertz CT molecular complexity index is 911. The van der Waals surface area contributed by atoms with E-state index in [4.69, 9.17) is 9.47 Å². The number of hydrogen-bond donors (Lipinski definition) is 1. The van der Waals surface area contributed by atoms with Gasteiger partial charge in [0, 0.05) is 25.0 Å². The van der Waals surface area contributed by atoms with Gasteiger partial charge in [-0.15, -0.1) is 0 Å². The number of methoxy groups -OCH3 is 2. The summed E-state index contributed by atoms with van der Waals surface area (Å²) in [5, 5.41) is 3.23. The van der Waals surface area contributed by atoms with E-state index in [0.717, 1.165) is 42.7 Å². The standard InChI is InChI=1S/C24H29FN2O3/c1-15(26-24(28)17-6-7-17)23-20-13-22(30-3)21(29-2)12-18(20)10-11-27(23)14-16-4-8-19(25)9-5-16/h4-5,8-9,12-13,15,17,23H,6-7,10-11,14H2,1-3H3,(H,26,28)/t15-,23-/m1/s1. The molecule has 2 atom stereocenters. The first-order valence-electron chi connectivity index (χ1n) is 10.5. The largest absolute Gasteiger partial charge is 0.493 e. The molecular weight excluding hydrogens is 383 g/mol. The summed E-state index contributed by atoms with van der Waals surface area (Å²) in [7, 11) is 3.28. The number of hydrogen-bond acceptors (Lipinski definition) is 4. The van der Waals surface area contributed by atoms with Gasteiger partial charge in [-0.25, -0.2) is 4.39 Å². The van der Waals surface area contributed by atoms with E-state index >= 15 is 0 Å². The third kappa shape index (κ3) is 4.29. The van der Waals surface area contributed by atoms with E-state index in [1.165, 1.54) is 17.7 Å². The zero-order valence-electron chi connectivity index (χ0n) is 17.8. The second-order valence-electron chi connectivity index (χ2n) is 8.27. The van der Waals surface area contributed by atoms with Crippen molar-refractivity contribution in [2.75, 3.05) is 20.8 Å². The lowest BCUT2D eigenvalue weighted by atomic mass is 9.87. The molecule has 2 aromatic rings. The van der Waals surface area contributed by atoms with Crippen molar-refractivity contribution in [1.29, 1.82) is 0 Å². The van der Waals surface area contributed by atoms with E-state index < -0.39 is 0 Å². The smallest absolute Gasteiger partial charge is 0.223 e. The van der Waals surface area contributed by atoms with Gasteiger partial charge in [-0.05, 0) is 67.1 Å². The summed E-state index contributed by atoms with van der Waals surface area (Å²) in [6, 6.07) is 10.6. The molecule has 0 aromatic heterocycles. The van der Waals surface area contributed by atoms with Crippen LogP contribution in [-0.2, 0) is 17.8 Å². The van der Waals surface area contributed by atoms with Crippen LogP contribution in [0.4, 0.5) is 4.39 Å². The lowest BCUT2D eigenvalue weighted by Gasteiger charge is -2.41. The number of rotatable bonds is 7. The zero-order valence-corrected chi connectivity index (χ0v) is 17.8. The Hall–Kier alpha value is -2.60. The topological polar surface area (TPSA) is 50.8 Å². The van der Waals surface area contributed by atoms with Crippen LogP contribution in [0.3, 0.4) is 0 Å². The highest BCUT2D eigenvalue weighted by atomic mass is 19.1. The van der Waals surface area contributed by atoms with Gasteiger partial charge in [0.1, 0.15) is 5.82 Å². The molecule has 2 aromatic carbocycles. The Morgan fingerprint density at radius 2 is 1.83 bits per heavy atom. The van der Waals surface area contributed by atoms with Crippen LogP contribution in [0.25, 0.3) is 0 Å². The maximum Gasteiger partial charge on any atom is 0.223 e. The number of carbonyl (C=O) groups is 1. The molecule has 0 spiro atoms. The predicted molar refractivity (Wildman–Crippen MR) is 113 cm³/mol. The number of carbonyl (C=O) groups excluding carboxylic acids is 1. The Labute approximate surface area is 177 Å². The van der Waals surface area contributed by atoms with Gasteiger partial charge in [-0.3, -0.25) is 9.69 Å². The van der Waals surface area contributed by atoms with Gasteiger partial charge in [-0.2, -0.15) is 0 Å². The maximum absolute atomic E-state index is 13.4. The van der Waals surface area contributed by atoms with Crippen molar-refractivity contribution in [1.82, 2.24) is 10.2 Å². The fraction of sp³-hybridized carbons (Fsp3) is 0.458. The summed E-state index contributed by atoms with van der Waals surface area (Å²) in [5.41, 5.74) is 3.40. The van der Waals surface area contributed by atoms with Crippen LogP contribution in [0.2, 0.25) is 0 Å². The molecule has 1 amide bonds. The average molecular weight is 413 g/mol. The minimum absolute atomic E-state index is 0.0127. The van der Waals surface area contributed by atoms with Crippen LogP contribution in [0.15, 0.2) is 36.4 Å². The summed E-state index contributed by atoms with van der Waals surface area (Å²) < 4.78 is 24.4. The molecule has 1 saturated carbocycles. The number of benzene rings is 2. The van der Waals surface area contributed by atoms with Crippen LogP contribution >= 0.6 is 0 Å². The lowest BCUT2D eigenvalue weighted by Crippen LogP contribution is -2.47. The van der Waals surface area contributed by atoms with Gasteiger partial charge < -0.3 is 14.8 Å². The van der Waals surface area contributed by atoms with E-state index in [-0.39, 0.29) is 29.7 Å². The van der Waals surface area contributed by atoms with E-state index in [1.54, 1.807) is 14.2 Å². The van der Waals surface area contributed by atoms with Crippen LogP contribution in [-0.4, -0.2) is 37.6 Å². The highest BCUT2D eigenvalue weighted by Crippen LogP contribution is 2.40. The second kappa shape index (κ2) is 8.64. The first-order valence-corrected chi connectivity index (χ1v) is 10.5. The fourth-order valence-electron chi connectivity index (χ4n) is 4.38. The Kier molecular flexibility index (Phi) is 5.95. The molecule has 30 heavy (non-hydrogen) atoms. The third-order valence-corrected chi connectivity index (χ3v) is 6.12. The van der Waals surface area contributed by atoms with Crippen LogP contribution < -0.4 is 14.8 Å². The summed E-state index contributed by atoms with van der Waals surface area (Å²) in [6.45, 7) is 3.59. The first kappa shape index (κ1) is 20.7. The molecule has 1 heterocycles. The quantitative estimate of drug-likeness (QED) is 0.750. The van der Waals surface area contributed by atoms with Gasteiger partial charge in [0.2, 0.25) is 5.91 Å². The molecule has 1 aliphatic carbocycles. The molecule has 1 fully saturated rings. The van der Waals surface area contributed by atoms with Crippen molar-refractivity contribution >= 4 is 5.91 Å². The Morgan fingerprint density at radius 3 is 2.47 bits per heavy atom. The van der Waals surface area contributed by atoms with Gasteiger partial charge in [0.25, 0.3) is 0 Å². The summed E-state index contributed by atoms with van der Waals surface area (Å²) in [6.07, 6.45) is 2.82. The van der Waals surface area contributed by atoms with Gasteiger partial charge in [-0.1, -0.05) is 12.1 Å². The zero-order chi connectivity index (χ0) is 21.3. The maximum atomic E-state index is 13.4. The van der Waals surface area contributed by atoms with Crippen molar-refractivity contribution in [2.24, 2.45) is 5.92 Å². The van der Waals surface area contributed by atoms with Crippen LogP contribution in [0.5, 0.6) is 11.5 Å². The van der Waals surface area contributed by atoms with E-state index in [0.29, 0.717) is 12.3 Å². The fourth-order valence-corrected chi connectivity index (χ4v) is 4.38. The van der Waals surface area contributed by atoms with E-state index in [1.807, 2.05) is 24.3 Å². The van der Waals surface area contributed by atoms with Crippen LogP contribution in [0, 0.1) is 11.7 Å². The molecule has 2 aliphatic rings. The highest BCUT2D eigenvalue weighted by molar-refractivity contribution is 5.81. The number of fused-ring (bicyclic) bond motifs is 1. The Morgan fingerprint density at radius 1 is 1.17 bits per heavy atom. The van der Waals surface area contributed by atoms with Crippen molar-refractivity contribution in [3.8, 4) is 11.5 Å². The molecule has 1 aliphatic heterocycles. The molecule has 1 N–H and O–H groups in total. The van der Waals surface area contributed by atoms with Crippen LogP contribution in [0.1, 0.15) is 42.5 Å². The normalized spacial score (nSPS) is 19.7. The summed E-state index contributed by atoms with van der Waals surface area (Å²) >= 11 is 0. The molecule has 0 saturated heterocycles. The molecule has 0 bridgehead atoms. The number of ether oxygens (including phenoxy) is 2. The van der Waals surface area contributed by atoms with Gasteiger partial charge >= 0.3 is 0 Å². The predicted octanol–water partition coefficient (Wildman–Crippen LogP) is 3.86. The molecule has 160 valence electrons. The number of nitrogens with zero attached hydrogens (tertiary/aromatic N) is 1. The molecule has 6 heteroatoms. The van der Waals surface area contributed by atoms with Crippen molar-refractivity contribution in [3.05, 3.63) is 58.9 Å². The lowest BCUT2D eigenvalue weighted by molar-refractivity contribution is -0.123. The third-order valence-electron chi connectivity index (χ3n) is 6.12. The Balaban J connectivity index is 1.67. The summed E-state index contributed by atoms with van der Waals surface area (Å²) in [4.78, 5) is 14.8. The minimum Gasteiger partial charge on any atom is -0.493 e. The molecule has 0 unspecified atom stereocenters. The minimum atomic E-state index is -0.235. The SMILES string of the molecule is COc1cc2c(cc1OC)[C@@H]([C@@H](C)NC(=O)C1CC1)N(Cc1ccc(F)cc1)CC2. The van der Waals surface area contributed by atoms with Crippen molar-refractivity contribution in [2.45, 2.75) is 44.8 Å². The second-order valence-corrected chi connectivity index (χ2v) is 8.27.